The van der Waals surface area contributed by atoms with E-state index in [4.69, 9.17) is 11.6 Å². The summed E-state index contributed by atoms with van der Waals surface area (Å²) in [7, 11) is 1.85. The lowest BCUT2D eigenvalue weighted by atomic mass is 9.89. The van der Waals surface area contributed by atoms with Crippen molar-refractivity contribution >= 4 is 35.0 Å². The van der Waals surface area contributed by atoms with Crippen LogP contribution in [0.3, 0.4) is 0 Å². The molecule has 3 heterocycles. The maximum absolute atomic E-state index is 12.7. The molecule has 7 nitrogen and oxygen atoms in total. The number of benzene rings is 1. The summed E-state index contributed by atoms with van der Waals surface area (Å²) < 4.78 is 0. The summed E-state index contributed by atoms with van der Waals surface area (Å²) in [6.45, 7) is 4.69. The number of piperidine rings is 1. The first kappa shape index (κ1) is 22.4. The molecular weight excluding hydrogens is 426 g/mol. The quantitative estimate of drug-likeness (QED) is 0.750. The lowest BCUT2D eigenvalue weighted by Gasteiger charge is -2.32. The molecule has 8 heteroatoms. The SMILES string of the molecule is CC(=O)N(C)C1CCN(c2ccc(NC(=O)N3CCC(c4ccc(Cl)cc4)CC3)cn2)C1. The Balaban J connectivity index is 1.27. The second-order valence-corrected chi connectivity index (χ2v) is 9.10. The molecule has 0 aliphatic carbocycles. The first-order chi connectivity index (χ1) is 15.4. The van der Waals surface area contributed by atoms with Crippen LogP contribution in [0, 0.1) is 0 Å². The van der Waals surface area contributed by atoms with Crippen LogP contribution in [0.2, 0.25) is 5.02 Å². The van der Waals surface area contributed by atoms with Crippen molar-refractivity contribution in [1.29, 1.82) is 0 Å². The van der Waals surface area contributed by atoms with Gasteiger partial charge in [-0.3, -0.25) is 4.79 Å². The van der Waals surface area contributed by atoms with Crippen LogP contribution in [0.15, 0.2) is 42.6 Å². The van der Waals surface area contributed by atoms with Crippen LogP contribution in [-0.2, 0) is 4.79 Å². The number of carbonyl (C=O) groups is 2. The summed E-state index contributed by atoms with van der Waals surface area (Å²) in [5, 5.41) is 3.72. The molecule has 3 amide bonds. The Bertz CT molecular complexity index is 942. The predicted octanol–water partition coefficient (Wildman–Crippen LogP) is 4.20. The summed E-state index contributed by atoms with van der Waals surface area (Å²) in [4.78, 5) is 34.7. The highest BCUT2D eigenvalue weighted by atomic mass is 35.5. The zero-order valence-electron chi connectivity index (χ0n) is 18.6. The first-order valence-electron chi connectivity index (χ1n) is 11.2. The molecule has 2 aromatic rings. The zero-order valence-corrected chi connectivity index (χ0v) is 19.4. The highest BCUT2D eigenvalue weighted by Gasteiger charge is 2.28. The van der Waals surface area contributed by atoms with Gasteiger partial charge in [0.15, 0.2) is 0 Å². The highest BCUT2D eigenvalue weighted by Crippen LogP contribution is 2.29. The largest absolute Gasteiger partial charge is 0.354 e. The molecule has 4 rings (SSSR count). The van der Waals surface area contributed by atoms with Crippen molar-refractivity contribution in [2.75, 3.05) is 43.4 Å². The van der Waals surface area contributed by atoms with Crippen LogP contribution in [0.25, 0.3) is 0 Å². The number of anilines is 2. The van der Waals surface area contributed by atoms with Crippen LogP contribution in [0.1, 0.15) is 37.7 Å². The fourth-order valence-corrected chi connectivity index (χ4v) is 4.65. The number of hydrogen-bond acceptors (Lipinski definition) is 4. The van der Waals surface area contributed by atoms with E-state index >= 15 is 0 Å². The number of hydrogen-bond donors (Lipinski definition) is 1. The number of rotatable bonds is 4. The fourth-order valence-electron chi connectivity index (χ4n) is 4.52. The molecule has 0 saturated carbocycles. The van der Waals surface area contributed by atoms with Crippen LogP contribution in [-0.4, -0.2) is 66.0 Å². The molecule has 1 atom stereocenters. The third-order valence-corrected chi connectivity index (χ3v) is 6.91. The van der Waals surface area contributed by atoms with Gasteiger partial charge in [-0.05, 0) is 55.0 Å². The Morgan fingerprint density at radius 2 is 1.78 bits per heavy atom. The maximum Gasteiger partial charge on any atom is 0.321 e. The van der Waals surface area contributed by atoms with Gasteiger partial charge in [-0.25, -0.2) is 9.78 Å². The minimum absolute atomic E-state index is 0.0834. The molecule has 1 N–H and O–H groups in total. The van der Waals surface area contributed by atoms with Crippen molar-refractivity contribution in [3.63, 3.8) is 0 Å². The minimum atomic E-state index is -0.0848. The van der Waals surface area contributed by atoms with E-state index in [1.54, 1.807) is 18.0 Å². The molecule has 2 saturated heterocycles. The molecule has 2 aliphatic heterocycles. The molecule has 0 spiro atoms. The van der Waals surface area contributed by atoms with Gasteiger partial charge >= 0.3 is 6.03 Å². The van der Waals surface area contributed by atoms with Gasteiger partial charge in [-0.2, -0.15) is 0 Å². The smallest absolute Gasteiger partial charge is 0.321 e. The number of likely N-dealkylation sites (tertiary alicyclic amines) is 1. The van der Waals surface area contributed by atoms with E-state index in [2.05, 4.69) is 27.3 Å². The monoisotopic (exact) mass is 455 g/mol. The fraction of sp³-hybridized carbons (Fsp3) is 0.458. The lowest BCUT2D eigenvalue weighted by molar-refractivity contribution is -0.129. The van der Waals surface area contributed by atoms with Gasteiger partial charge in [0.2, 0.25) is 5.91 Å². The molecule has 170 valence electrons. The zero-order chi connectivity index (χ0) is 22.7. The van der Waals surface area contributed by atoms with Crippen LogP contribution in [0.5, 0.6) is 0 Å². The summed E-state index contributed by atoms with van der Waals surface area (Å²) in [6, 6.07) is 12.0. The second kappa shape index (κ2) is 9.77. The summed E-state index contributed by atoms with van der Waals surface area (Å²) in [5.41, 5.74) is 1.98. The summed E-state index contributed by atoms with van der Waals surface area (Å²) in [6.07, 6.45) is 4.52. The van der Waals surface area contributed by atoms with Crippen LogP contribution in [0.4, 0.5) is 16.3 Å². The van der Waals surface area contributed by atoms with Crippen LogP contribution >= 0.6 is 11.6 Å². The molecule has 2 fully saturated rings. The number of carbonyl (C=O) groups excluding carboxylic acids is 2. The van der Waals surface area contributed by atoms with E-state index in [0.717, 1.165) is 56.3 Å². The van der Waals surface area contributed by atoms with E-state index in [-0.39, 0.29) is 18.0 Å². The number of aromatic nitrogens is 1. The molecular formula is C24H30ClN5O2. The van der Waals surface area contributed by atoms with Crippen molar-refractivity contribution in [1.82, 2.24) is 14.8 Å². The molecule has 0 bridgehead atoms. The molecule has 32 heavy (non-hydrogen) atoms. The average molecular weight is 456 g/mol. The Labute approximate surface area is 194 Å². The van der Waals surface area contributed by atoms with Crippen molar-refractivity contribution in [3.8, 4) is 0 Å². The summed E-state index contributed by atoms with van der Waals surface area (Å²) in [5.74, 6) is 1.41. The highest BCUT2D eigenvalue weighted by molar-refractivity contribution is 6.30. The average Bonchev–Trinajstić information content (AvgIpc) is 3.30. The van der Waals surface area contributed by atoms with Crippen molar-refractivity contribution < 1.29 is 9.59 Å². The van der Waals surface area contributed by atoms with Gasteiger partial charge in [0.25, 0.3) is 0 Å². The normalized spacial score (nSPS) is 19.2. The Morgan fingerprint density at radius 1 is 1.06 bits per heavy atom. The van der Waals surface area contributed by atoms with E-state index in [0.29, 0.717) is 11.6 Å². The van der Waals surface area contributed by atoms with Crippen molar-refractivity contribution in [2.45, 2.75) is 38.1 Å². The lowest BCUT2D eigenvalue weighted by Crippen LogP contribution is -2.40. The van der Waals surface area contributed by atoms with Crippen molar-refractivity contribution in [3.05, 3.63) is 53.2 Å². The number of pyridine rings is 1. The van der Waals surface area contributed by atoms with E-state index in [1.165, 1.54) is 5.56 Å². The van der Waals surface area contributed by atoms with Gasteiger partial charge in [-0.15, -0.1) is 0 Å². The molecule has 1 unspecified atom stereocenters. The standard InChI is InChI=1S/C24H30ClN5O2/c1-17(31)28(2)22-11-14-30(16-22)23-8-7-21(15-26-23)27-24(32)29-12-9-19(10-13-29)18-3-5-20(25)6-4-18/h3-8,15,19,22H,9-14,16H2,1-2H3,(H,27,32). The molecule has 1 aromatic carbocycles. The third-order valence-electron chi connectivity index (χ3n) is 6.65. The first-order valence-corrected chi connectivity index (χ1v) is 11.5. The predicted molar refractivity (Wildman–Crippen MR) is 127 cm³/mol. The van der Waals surface area contributed by atoms with Gasteiger partial charge in [-0.1, -0.05) is 23.7 Å². The number of nitrogens with zero attached hydrogens (tertiary/aromatic N) is 4. The third kappa shape index (κ3) is 5.15. The molecule has 1 aromatic heterocycles. The Hall–Kier alpha value is -2.80. The van der Waals surface area contributed by atoms with Gasteiger partial charge in [0, 0.05) is 45.2 Å². The van der Waals surface area contributed by atoms with Crippen LogP contribution < -0.4 is 10.2 Å². The van der Waals surface area contributed by atoms with Gasteiger partial charge in [0.05, 0.1) is 17.9 Å². The maximum atomic E-state index is 12.7. The van der Waals surface area contributed by atoms with E-state index < -0.39 is 0 Å². The number of likely N-dealkylation sites (N-methyl/N-ethyl adjacent to an activating group) is 1. The second-order valence-electron chi connectivity index (χ2n) is 8.67. The van der Waals surface area contributed by atoms with Gasteiger partial charge in [0.1, 0.15) is 5.82 Å². The van der Waals surface area contributed by atoms with Crippen molar-refractivity contribution in [2.24, 2.45) is 0 Å². The molecule has 2 aliphatic rings. The topological polar surface area (TPSA) is 68.8 Å². The number of nitrogens with one attached hydrogen (secondary N) is 1. The van der Waals surface area contributed by atoms with E-state index in [9.17, 15) is 9.59 Å². The number of urea groups is 1. The summed E-state index contributed by atoms with van der Waals surface area (Å²) >= 11 is 5.99. The van der Waals surface area contributed by atoms with Gasteiger partial charge < -0.3 is 20.0 Å². The number of amides is 3. The molecule has 0 radical (unpaired) electrons. The van der Waals surface area contributed by atoms with E-state index in [1.807, 2.05) is 36.2 Å². The minimum Gasteiger partial charge on any atom is -0.354 e. The number of halogens is 1. The Morgan fingerprint density at radius 3 is 2.41 bits per heavy atom. The Kier molecular flexibility index (Phi) is 6.84.